The topological polar surface area (TPSA) is 92.0 Å². The minimum absolute atomic E-state index is 0.520. The van der Waals surface area contributed by atoms with Gasteiger partial charge < -0.3 is 16.0 Å². The van der Waals surface area contributed by atoms with Crippen LogP contribution in [0, 0.1) is 0 Å². The molecule has 0 atom stereocenters. The smallest absolute Gasteiger partial charge is 0.188 e. The van der Waals surface area contributed by atoms with Gasteiger partial charge in [-0.15, -0.1) is 0 Å². The highest BCUT2D eigenvalue weighted by Crippen LogP contribution is 2.09. The van der Waals surface area contributed by atoms with Gasteiger partial charge in [0, 0.05) is 48.9 Å². The fraction of sp³-hybridized carbons (Fsp3) is 0.400. The molecule has 0 radical (unpaired) electrons. The van der Waals surface area contributed by atoms with Gasteiger partial charge in [0.25, 0.3) is 0 Å². The molecule has 0 saturated carbocycles. The molecule has 118 valence electrons. The number of aryl methyl sites for hydroxylation is 1. The van der Waals surface area contributed by atoms with Crippen LogP contribution in [0.4, 0.5) is 0 Å². The number of rotatable bonds is 9. The Hall–Kier alpha value is -2.02. The number of aliphatic imine (C=N–C) groups is 1. The van der Waals surface area contributed by atoms with E-state index in [1.54, 1.807) is 12.5 Å². The standard InChI is InChI=1S/C15H22N6S/c16-15(19-6-2-4-14-10-18-12-21-14)20-7-8-22-11-13-3-1-5-17-9-13/h1,3,5,9-10,12H,2,4,6-8,11H2,(H,18,21)(H3,16,19,20). The van der Waals surface area contributed by atoms with Gasteiger partial charge in [0.15, 0.2) is 5.96 Å². The average Bonchev–Trinajstić information content (AvgIpc) is 3.06. The number of hydrogen-bond donors (Lipinski definition) is 3. The number of nitrogens with one attached hydrogen (secondary N) is 2. The lowest BCUT2D eigenvalue weighted by molar-refractivity contribution is 0.806. The quantitative estimate of drug-likeness (QED) is 0.371. The lowest BCUT2D eigenvalue weighted by Gasteiger charge is -2.05. The first-order valence-electron chi connectivity index (χ1n) is 7.32. The number of pyridine rings is 1. The van der Waals surface area contributed by atoms with Gasteiger partial charge in [-0.3, -0.25) is 9.98 Å². The van der Waals surface area contributed by atoms with Crippen molar-refractivity contribution in [1.29, 1.82) is 0 Å². The zero-order valence-corrected chi connectivity index (χ0v) is 13.4. The molecule has 2 aromatic rings. The van der Waals surface area contributed by atoms with Crippen LogP contribution in [0.3, 0.4) is 0 Å². The average molecular weight is 318 g/mol. The van der Waals surface area contributed by atoms with Gasteiger partial charge in [0.1, 0.15) is 0 Å². The summed E-state index contributed by atoms with van der Waals surface area (Å²) >= 11 is 1.85. The summed E-state index contributed by atoms with van der Waals surface area (Å²) in [4.78, 5) is 15.5. The summed E-state index contributed by atoms with van der Waals surface area (Å²) in [5.74, 6) is 2.47. The molecule has 0 unspecified atom stereocenters. The molecule has 0 aromatic carbocycles. The molecule has 0 saturated heterocycles. The maximum atomic E-state index is 5.83. The molecular formula is C15H22N6S. The highest BCUT2D eigenvalue weighted by atomic mass is 32.2. The largest absolute Gasteiger partial charge is 0.370 e. The number of hydrogen-bond acceptors (Lipinski definition) is 4. The third kappa shape index (κ3) is 6.62. The predicted octanol–water partition coefficient (Wildman–Crippen LogP) is 1.57. The Morgan fingerprint density at radius 3 is 3.09 bits per heavy atom. The Kier molecular flexibility index (Phi) is 7.31. The first kappa shape index (κ1) is 16.4. The van der Waals surface area contributed by atoms with Gasteiger partial charge in [-0.25, -0.2) is 4.98 Å². The molecule has 0 aliphatic carbocycles. The molecule has 2 heterocycles. The van der Waals surface area contributed by atoms with Crippen molar-refractivity contribution in [2.24, 2.45) is 10.7 Å². The number of aromatic nitrogens is 3. The van der Waals surface area contributed by atoms with Crippen LogP contribution in [0.15, 0.2) is 42.0 Å². The van der Waals surface area contributed by atoms with Crippen LogP contribution in [-0.2, 0) is 12.2 Å². The molecule has 7 heteroatoms. The molecule has 22 heavy (non-hydrogen) atoms. The van der Waals surface area contributed by atoms with Crippen LogP contribution >= 0.6 is 11.8 Å². The van der Waals surface area contributed by atoms with Gasteiger partial charge in [0.05, 0.1) is 6.33 Å². The van der Waals surface area contributed by atoms with Crippen molar-refractivity contribution in [2.45, 2.75) is 18.6 Å². The van der Waals surface area contributed by atoms with E-state index in [0.717, 1.165) is 43.1 Å². The molecule has 2 aromatic heterocycles. The van der Waals surface area contributed by atoms with Crippen molar-refractivity contribution in [3.05, 3.63) is 48.3 Å². The van der Waals surface area contributed by atoms with E-state index in [2.05, 4.69) is 31.3 Å². The normalized spacial score (nSPS) is 11.5. The highest BCUT2D eigenvalue weighted by molar-refractivity contribution is 7.98. The molecule has 0 aliphatic rings. The number of thioether (sulfide) groups is 1. The second-order valence-electron chi connectivity index (χ2n) is 4.79. The summed E-state index contributed by atoms with van der Waals surface area (Å²) in [5, 5.41) is 3.13. The number of nitrogens with zero attached hydrogens (tertiary/aromatic N) is 3. The van der Waals surface area contributed by atoms with E-state index >= 15 is 0 Å². The lowest BCUT2D eigenvalue weighted by atomic mass is 10.2. The Bertz CT molecular complexity index is 540. The number of guanidine groups is 1. The van der Waals surface area contributed by atoms with Gasteiger partial charge in [-0.2, -0.15) is 11.8 Å². The molecule has 0 bridgehead atoms. The third-order valence-electron chi connectivity index (χ3n) is 2.99. The Labute approximate surface area is 135 Å². The van der Waals surface area contributed by atoms with Crippen molar-refractivity contribution in [3.63, 3.8) is 0 Å². The number of aromatic amines is 1. The molecule has 4 N–H and O–H groups in total. The van der Waals surface area contributed by atoms with Crippen LogP contribution in [0.2, 0.25) is 0 Å². The molecule has 2 rings (SSSR count). The summed E-state index contributed by atoms with van der Waals surface area (Å²) in [6, 6.07) is 4.05. The third-order valence-corrected chi connectivity index (χ3v) is 4.02. The van der Waals surface area contributed by atoms with Gasteiger partial charge >= 0.3 is 0 Å². The number of H-pyrrole nitrogens is 1. The van der Waals surface area contributed by atoms with Crippen molar-refractivity contribution < 1.29 is 0 Å². The first-order valence-corrected chi connectivity index (χ1v) is 8.48. The lowest BCUT2D eigenvalue weighted by Crippen LogP contribution is -2.33. The summed E-state index contributed by atoms with van der Waals surface area (Å²) in [6.07, 6.45) is 9.12. The monoisotopic (exact) mass is 318 g/mol. The minimum Gasteiger partial charge on any atom is -0.370 e. The van der Waals surface area contributed by atoms with E-state index in [-0.39, 0.29) is 0 Å². The summed E-state index contributed by atoms with van der Waals surface area (Å²) in [6.45, 7) is 1.54. The number of nitrogens with two attached hydrogens (primary N) is 1. The first-order chi connectivity index (χ1) is 10.8. The summed E-state index contributed by atoms with van der Waals surface area (Å²) < 4.78 is 0. The zero-order valence-electron chi connectivity index (χ0n) is 12.5. The maximum Gasteiger partial charge on any atom is 0.188 e. The van der Waals surface area contributed by atoms with Gasteiger partial charge in [-0.1, -0.05) is 6.07 Å². The van der Waals surface area contributed by atoms with Gasteiger partial charge in [0.2, 0.25) is 0 Å². The van der Waals surface area contributed by atoms with Crippen LogP contribution in [0.1, 0.15) is 17.7 Å². The van der Waals surface area contributed by atoms with Crippen LogP contribution in [-0.4, -0.2) is 39.8 Å². The molecule has 0 amide bonds. The molecule has 0 aliphatic heterocycles. The zero-order chi connectivity index (χ0) is 15.5. The van der Waals surface area contributed by atoms with E-state index in [1.165, 1.54) is 5.56 Å². The van der Waals surface area contributed by atoms with Gasteiger partial charge in [-0.05, 0) is 24.5 Å². The van der Waals surface area contributed by atoms with Crippen LogP contribution in [0.5, 0.6) is 0 Å². The minimum atomic E-state index is 0.520. The van der Waals surface area contributed by atoms with Crippen molar-refractivity contribution in [2.75, 3.05) is 18.8 Å². The maximum absolute atomic E-state index is 5.83. The van der Waals surface area contributed by atoms with E-state index in [0.29, 0.717) is 5.96 Å². The predicted molar refractivity (Wildman–Crippen MR) is 91.8 cm³/mol. The van der Waals surface area contributed by atoms with Crippen molar-refractivity contribution in [1.82, 2.24) is 20.3 Å². The number of imidazole rings is 1. The van der Waals surface area contributed by atoms with Crippen LogP contribution in [0.25, 0.3) is 0 Å². The molecular weight excluding hydrogens is 296 g/mol. The second kappa shape index (κ2) is 9.83. The summed E-state index contributed by atoms with van der Waals surface area (Å²) in [7, 11) is 0. The second-order valence-corrected chi connectivity index (χ2v) is 5.89. The van der Waals surface area contributed by atoms with E-state index in [9.17, 15) is 0 Å². The van der Waals surface area contributed by atoms with Crippen molar-refractivity contribution in [3.8, 4) is 0 Å². The van der Waals surface area contributed by atoms with E-state index < -0.39 is 0 Å². The SMILES string of the molecule is NC(=NCCCc1cnc[nH]1)NCCSCc1cccnc1. The van der Waals surface area contributed by atoms with E-state index in [4.69, 9.17) is 5.73 Å². The Morgan fingerprint density at radius 2 is 2.32 bits per heavy atom. The Balaban J connectivity index is 1.49. The van der Waals surface area contributed by atoms with Crippen LogP contribution < -0.4 is 11.1 Å². The highest BCUT2D eigenvalue weighted by Gasteiger charge is 1.96. The summed E-state index contributed by atoms with van der Waals surface area (Å²) in [5.41, 5.74) is 8.20. The van der Waals surface area contributed by atoms with Crippen molar-refractivity contribution >= 4 is 17.7 Å². The molecule has 0 fully saturated rings. The molecule has 6 nitrogen and oxygen atoms in total. The molecule has 0 spiro atoms. The van der Waals surface area contributed by atoms with E-state index in [1.807, 2.05) is 30.2 Å². The Morgan fingerprint density at radius 1 is 1.36 bits per heavy atom. The fourth-order valence-electron chi connectivity index (χ4n) is 1.87. The fourth-order valence-corrected chi connectivity index (χ4v) is 2.67.